The highest BCUT2D eigenvalue weighted by atomic mass is 16.1. The Morgan fingerprint density at radius 3 is 2.56 bits per heavy atom. The van der Waals surface area contributed by atoms with Gasteiger partial charge in [-0.3, -0.25) is 4.79 Å². The molecular weight excluding hydrogens is 224 g/mol. The number of nitriles is 1. The van der Waals surface area contributed by atoms with Crippen molar-refractivity contribution in [3.8, 4) is 6.07 Å². The first-order chi connectivity index (χ1) is 8.36. The molecule has 1 atom stereocenters. The van der Waals surface area contributed by atoms with Gasteiger partial charge in [0.05, 0.1) is 6.07 Å². The van der Waals surface area contributed by atoms with E-state index in [2.05, 4.69) is 26.1 Å². The Balaban J connectivity index is 2.92. The van der Waals surface area contributed by atoms with Gasteiger partial charge in [-0.1, -0.05) is 45.9 Å². The third-order valence-corrected chi connectivity index (χ3v) is 2.84. The summed E-state index contributed by atoms with van der Waals surface area (Å²) in [6.45, 7) is 8.09. The minimum atomic E-state index is -0.289. The second-order valence-electron chi connectivity index (χ2n) is 5.55. The van der Waals surface area contributed by atoms with Crippen LogP contribution >= 0.6 is 0 Å². The number of carbonyl (C=O) groups excluding carboxylic acids is 1. The number of carbonyl (C=O) groups is 1. The van der Waals surface area contributed by atoms with Gasteiger partial charge >= 0.3 is 0 Å². The van der Waals surface area contributed by atoms with Gasteiger partial charge < -0.3 is 5.32 Å². The molecule has 1 N–H and O–H groups in total. The normalized spacial score (nSPS) is 12.6. The molecule has 0 spiro atoms. The largest absolute Gasteiger partial charge is 0.326 e. The first-order valence-electron chi connectivity index (χ1n) is 6.13. The van der Waals surface area contributed by atoms with Gasteiger partial charge in [-0.15, -0.1) is 0 Å². The Kier molecular flexibility index (Phi) is 4.49. The fourth-order valence-corrected chi connectivity index (χ4v) is 1.73. The molecule has 0 fully saturated rings. The molecule has 1 aromatic carbocycles. The fraction of sp³-hybridized carbons (Fsp3) is 0.467. The van der Waals surface area contributed by atoms with Crippen LogP contribution in [0.4, 0.5) is 5.69 Å². The lowest BCUT2D eigenvalue weighted by molar-refractivity contribution is -0.119. The zero-order valence-corrected chi connectivity index (χ0v) is 11.4. The fourth-order valence-electron chi connectivity index (χ4n) is 1.73. The molecule has 1 unspecified atom stereocenters. The highest BCUT2D eigenvalue weighted by Gasteiger charge is 2.20. The Labute approximate surface area is 109 Å². The topological polar surface area (TPSA) is 52.9 Å². The molecule has 1 amide bonds. The molecule has 0 bridgehead atoms. The van der Waals surface area contributed by atoms with Crippen molar-refractivity contribution in [2.45, 2.75) is 39.5 Å². The molecule has 0 aromatic heterocycles. The summed E-state index contributed by atoms with van der Waals surface area (Å²) in [6.07, 6.45) is 0.240. The predicted molar refractivity (Wildman–Crippen MR) is 73.2 cm³/mol. The predicted octanol–water partition coefficient (Wildman–Crippen LogP) is 3.47. The van der Waals surface area contributed by atoms with Gasteiger partial charge in [0.2, 0.25) is 5.91 Å². The number of anilines is 1. The van der Waals surface area contributed by atoms with Gasteiger partial charge in [0, 0.05) is 18.0 Å². The molecule has 3 nitrogen and oxygen atoms in total. The van der Waals surface area contributed by atoms with Crippen LogP contribution in [-0.4, -0.2) is 5.91 Å². The van der Waals surface area contributed by atoms with E-state index < -0.39 is 0 Å². The highest BCUT2D eigenvalue weighted by Crippen LogP contribution is 2.29. The molecular formula is C15H20N2O. The van der Waals surface area contributed by atoms with E-state index in [0.717, 1.165) is 11.3 Å². The Bertz CT molecular complexity index is 466. The lowest BCUT2D eigenvalue weighted by atomic mass is 9.85. The molecule has 96 valence electrons. The summed E-state index contributed by atoms with van der Waals surface area (Å²) in [5, 5.41) is 11.5. The van der Waals surface area contributed by atoms with E-state index in [0.29, 0.717) is 0 Å². The maximum Gasteiger partial charge on any atom is 0.228 e. The SMILES string of the molecule is CC(CC#N)C(=O)Nc1ccccc1C(C)(C)C. The zero-order chi connectivity index (χ0) is 13.8. The van der Waals surface area contributed by atoms with Crippen LogP contribution in [-0.2, 0) is 10.2 Å². The van der Waals surface area contributed by atoms with E-state index in [4.69, 9.17) is 5.26 Å². The molecule has 0 saturated carbocycles. The Morgan fingerprint density at radius 2 is 2.00 bits per heavy atom. The van der Waals surface area contributed by atoms with Crippen molar-refractivity contribution in [1.82, 2.24) is 0 Å². The number of nitrogens with zero attached hydrogens (tertiary/aromatic N) is 1. The third kappa shape index (κ3) is 3.59. The van der Waals surface area contributed by atoms with Crippen LogP contribution in [0, 0.1) is 17.2 Å². The van der Waals surface area contributed by atoms with E-state index in [1.807, 2.05) is 30.3 Å². The number of amides is 1. The summed E-state index contributed by atoms with van der Waals surface area (Å²) in [4.78, 5) is 11.9. The van der Waals surface area contributed by atoms with Gasteiger partial charge in [0.15, 0.2) is 0 Å². The summed E-state index contributed by atoms with van der Waals surface area (Å²) < 4.78 is 0. The molecule has 0 saturated heterocycles. The van der Waals surface area contributed by atoms with Crippen molar-refractivity contribution in [3.63, 3.8) is 0 Å². The second kappa shape index (κ2) is 5.68. The van der Waals surface area contributed by atoms with Crippen LogP contribution < -0.4 is 5.32 Å². The van der Waals surface area contributed by atoms with Crippen LogP contribution in [0.2, 0.25) is 0 Å². The van der Waals surface area contributed by atoms with E-state index >= 15 is 0 Å². The minimum absolute atomic E-state index is 0.0255. The van der Waals surface area contributed by atoms with Gasteiger partial charge in [-0.25, -0.2) is 0 Å². The molecule has 0 radical (unpaired) electrons. The summed E-state index contributed by atoms with van der Waals surface area (Å²) in [7, 11) is 0. The van der Waals surface area contributed by atoms with Crippen molar-refractivity contribution < 1.29 is 4.79 Å². The average molecular weight is 244 g/mol. The maximum absolute atomic E-state index is 11.9. The van der Waals surface area contributed by atoms with Crippen molar-refractivity contribution in [1.29, 1.82) is 5.26 Å². The third-order valence-electron chi connectivity index (χ3n) is 2.84. The average Bonchev–Trinajstić information content (AvgIpc) is 2.28. The van der Waals surface area contributed by atoms with Crippen LogP contribution in [0.15, 0.2) is 24.3 Å². The van der Waals surface area contributed by atoms with Gasteiger partial charge in [-0.2, -0.15) is 5.26 Å². The number of nitrogens with one attached hydrogen (secondary N) is 1. The molecule has 0 aliphatic carbocycles. The highest BCUT2D eigenvalue weighted by molar-refractivity contribution is 5.93. The van der Waals surface area contributed by atoms with Crippen LogP contribution in [0.1, 0.15) is 39.7 Å². The van der Waals surface area contributed by atoms with Crippen LogP contribution in [0.5, 0.6) is 0 Å². The lowest BCUT2D eigenvalue weighted by Gasteiger charge is -2.23. The number of para-hydroxylation sites is 1. The molecule has 0 heterocycles. The summed E-state index contributed by atoms with van der Waals surface area (Å²) in [6, 6.07) is 9.81. The lowest BCUT2D eigenvalue weighted by Crippen LogP contribution is -2.23. The Morgan fingerprint density at radius 1 is 1.39 bits per heavy atom. The van der Waals surface area contributed by atoms with Crippen molar-refractivity contribution in [2.75, 3.05) is 5.32 Å². The van der Waals surface area contributed by atoms with E-state index in [1.54, 1.807) is 6.92 Å². The van der Waals surface area contributed by atoms with Gasteiger partial charge in [0.25, 0.3) is 0 Å². The van der Waals surface area contributed by atoms with Crippen LogP contribution in [0.25, 0.3) is 0 Å². The summed E-state index contributed by atoms with van der Waals surface area (Å²) in [5.74, 6) is -0.392. The quantitative estimate of drug-likeness (QED) is 0.885. The van der Waals surface area contributed by atoms with E-state index in [-0.39, 0.29) is 23.7 Å². The Hall–Kier alpha value is -1.82. The molecule has 0 aliphatic heterocycles. The van der Waals surface area contributed by atoms with E-state index in [1.165, 1.54) is 0 Å². The van der Waals surface area contributed by atoms with Crippen molar-refractivity contribution >= 4 is 11.6 Å². The summed E-state index contributed by atoms with van der Waals surface area (Å²) >= 11 is 0. The first-order valence-corrected chi connectivity index (χ1v) is 6.13. The standard InChI is InChI=1S/C15H20N2O/c1-11(9-10-16)14(18)17-13-8-6-5-7-12(13)15(2,3)4/h5-8,11H,9H2,1-4H3,(H,17,18). The van der Waals surface area contributed by atoms with Crippen molar-refractivity contribution in [3.05, 3.63) is 29.8 Å². The number of hydrogen-bond donors (Lipinski definition) is 1. The molecule has 3 heteroatoms. The second-order valence-corrected chi connectivity index (χ2v) is 5.55. The molecule has 0 aliphatic rings. The number of hydrogen-bond acceptors (Lipinski definition) is 2. The number of benzene rings is 1. The van der Waals surface area contributed by atoms with Gasteiger partial charge in [-0.05, 0) is 17.0 Å². The van der Waals surface area contributed by atoms with Crippen LogP contribution in [0.3, 0.4) is 0 Å². The molecule has 18 heavy (non-hydrogen) atoms. The van der Waals surface area contributed by atoms with E-state index in [9.17, 15) is 4.79 Å². The van der Waals surface area contributed by atoms with Crippen molar-refractivity contribution in [2.24, 2.45) is 5.92 Å². The minimum Gasteiger partial charge on any atom is -0.326 e. The van der Waals surface area contributed by atoms with Gasteiger partial charge in [0.1, 0.15) is 0 Å². The summed E-state index contributed by atoms with van der Waals surface area (Å²) in [5.41, 5.74) is 1.91. The maximum atomic E-state index is 11.9. The number of rotatable bonds is 3. The smallest absolute Gasteiger partial charge is 0.228 e. The molecule has 1 rings (SSSR count). The first kappa shape index (κ1) is 14.2. The zero-order valence-electron chi connectivity index (χ0n) is 11.4. The molecule has 1 aromatic rings. The monoisotopic (exact) mass is 244 g/mol.